The van der Waals surface area contributed by atoms with Crippen molar-refractivity contribution >= 4 is 0 Å². The maximum Gasteiger partial charge on any atom is 0.138 e. The Morgan fingerprint density at radius 1 is 1.17 bits per heavy atom. The summed E-state index contributed by atoms with van der Waals surface area (Å²) >= 11 is 0. The summed E-state index contributed by atoms with van der Waals surface area (Å²) < 4.78 is 5.24. The summed E-state index contributed by atoms with van der Waals surface area (Å²) in [4.78, 5) is 5.20. The minimum atomic E-state index is 0.895. The second kappa shape index (κ2) is 5.02. The van der Waals surface area contributed by atoms with E-state index in [9.17, 15) is 0 Å². The Hall–Kier alpha value is -0.870. The first-order chi connectivity index (χ1) is 8.74. The molecule has 1 aliphatic carbocycles. The van der Waals surface area contributed by atoms with Crippen molar-refractivity contribution in [3.05, 3.63) is 17.0 Å². The molecule has 0 radical (unpaired) electrons. The highest BCUT2D eigenvalue weighted by Crippen LogP contribution is 2.26. The van der Waals surface area contributed by atoms with Gasteiger partial charge in [-0.2, -0.15) is 0 Å². The van der Waals surface area contributed by atoms with Crippen molar-refractivity contribution in [3.8, 4) is 0 Å². The van der Waals surface area contributed by atoms with Crippen molar-refractivity contribution in [1.29, 1.82) is 0 Å². The van der Waals surface area contributed by atoms with Crippen LogP contribution in [0, 0.1) is 13.8 Å². The first-order valence-corrected chi connectivity index (χ1v) is 7.12. The predicted octanol–water partition coefficient (Wildman–Crippen LogP) is 1.96. The van der Waals surface area contributed by atoms with E-state index in [4.69, 9.17) is 4.52 Å². The van der Waals surface area contributed by atoms with E-state index in [1.54, 1.807) is 0 Å². The number of aryl methyl sites for hydroxylation is 2. The Bertz CT molecular complexity index is 384. The van der Waals surface area contributed by atoms with E-state index in [2.05, 4.69) is 15.0 Å². The Balaban J connectivity index is 1.53. The summed E-state index contributed by atoms with van der Waals surface area (Å²) in [7, 11) is 0. The largest absolute Gasteiger partial charge is 0.361 e. The Morgan fingerprint density at radius 3 is 2.39 bits per heavy atom. The normalized spacial score (nSPS) is 23.2. The van der Waals surface area contributed by atoms with Crippen LogP contribution in [0.3, 0.4) is 0 Å². The maximum atomic E-state index is 5.24. The minimum Gasteiger partial charge on any atom is -0.361 e. The van der Waals surface area contributed by atoms with Gasteiger partial charge in [0, 0.05) is 44.3 Å². The van der Waals surface area contributed by atoms with Gasteiger partial charge in [-0.15, -0.1) is 0 Å². The minimum absolute atomic E-state index is 0.895. The number of nitrogens with zero attached hydrogens (tertiary/aromatic N) is 3. The molecule has 1 aromatic heterocycles. The first-order valence-electron chi connectivity index (χ1n) is 7.12. The van der Waals surface area contributed by atoms with E-state index >= 15 is 0 Å². The quantitative estimate of drug-likeness (QED) is 0.820. The van der Waals surface area contributed by atoms with Gasteiger partial charge in [0.2, 0.25) is 0 Å². The van der Waals surface area contributed by atoms with E-state index in [0.717, 1.165) is 24.0 Å². The summed E-state index contributed by atoms with van der Waals surface area (Å²) in [5.74, 6) is 0.980. The zero-order valence-electron chi connectivity index (χ0n) is 11.5. The summed E-state index contributed by atoms with van der Waals surface area (Å²) in [5.41, 5.74) is 2.33. The van der Waals surface area contributed by atoms with Gasteiger partial charge in [0.15, 0.2) is 0 Å². The molecule has 1 saturated carbocycles. The fourth-order valence-electron chi connectivity index (χ4n) is 2.99. The zero-order valence-corrected chi connectivity index (χ0v) is 11.5. The maximum absolute atomic E-state index is 5.24. The van der Waals surface area contributed by atoms with Crippen LogP contribution in [0.25, 0.3) is 0 Å². The van der Waals surface area contributed by atoms with Crippen LogP contribution in [0.15, 0.2) is 4.52 Å². The first kappa shape index (κ1) is 12.2. The van der Waals surface area contributed by atoms with E-state index in [1.165, 1.54) is 51.0 Å². The fourth-order valence-corrected chi connectivity index (χ4v) is 2.99. The SMILES string of the molecule is Cc1noc(C)c1CN1CCN(C2CCC2)CC1. The van der Waals surface area contributed by atoms with Crippen molar-refractivity contribution in [2.45, 2.75) is 45.7 Å². The lowest BCUT2D eigenvalue weighted by molar-refractivity contribution is 0.0585. The van der Waals surface area contributed by atoms with Crippen LogP contribution < -0.4 is 0 Å². The van der Waals surface area contributed by atoms with Gasteiger partial charge >= 0.3 is 0 Å². The van der Waals surface area contributed by atoms with Crippen molar-refractivity contribution in [2.75, 3.05) is 26.2 Å². The molecule has 0 aromatic carbocycles. The molecular formula is C14H23N3O. The van der Waals surface area contributed by atoms with Gasteiger partial charge < -0.3 is 4.52 Å². The highest BCUT2D eigenvalue weighted by molar-refractivity contribution is 5.20. The van der Waals surface area contributed by atoms with Crippen LogP contribution in [0.5, 0.6) is 0 Å². The molecule has 0 unspecified atom stereocenters. The van der Waals surface area contributed by atoms with E-state index < -0.39 is 0 Å². The summed E-state index contributed by atoms with van der Waals surface area (Å²) in [6.07, 6.45) is 4.28. The topological polar surface area (TPSA) is 32.5 Å². The molecule has 0 bridgehead atoms. The van der Waals surface area contributed by atoms with Crippen molar-refractivity contribution in [3.63, 3.8) is 0 Å². The summed E-state index contributed by atoms with van der Waals surface area (Å²) in [5, 5.41) is 4.04. The third-order valence-corrected chi connectivity index (χ3v) is 4.56. The molecule has 1 aromatic rings. The molecule has 4 heteroatoms. The van der Waals surface area contributed by atoms with Gasteiger partial charge in [0.1, 0.15) is 5.76 Å². The number of aromatic nitrogens is 1. The predicted molar refractivity (Wildman–Crippen MR) is 70.5 cm³/mol. The lowest BCUT2D eigenvalue weighted by atomic mass is 9.91. The number of hydrogen-bond donors (Lipinski definition) is 0. The van der Waals surface area contributed by atoms with Crippen LogP contribution in [0.1, 0.15) is 36.3 Å². The molecule has 0 spiro atoms. The molecule has 18 heavy (non-hydrogen) atoms. The molecule has 2 aliphatic rings. The monoisotopic (exact) mass is 249 g/mol. The third kappa shape index (κ3) is 2.31. The van der Waals surface area contributed by atoms with Gasteiger partial charge in [-0.1, -0.05) is 11.6 Å². The number of piperazine rings is 1. The van der Waals surface area contributed by atoms with Gasteiger partial charge in [0.25, 0.3) is 0 Å². The molecule has 2 heterocycles. The lowest BCUT2D eigenvalue weighted by Gasteiger charge is -2.42. The molecule has 3 rings (SSSR count). The average Bonchev–Trinajstić information content (AvgIpc) is 2.61. The molecule has 1 aliphatic heterocycles. The third-order valence-electron chi connectivity index (χ3n) is 4.56. The van der Waals surface area contributed by atoms with Gasteiger partial charge in [-0.05, 0) is 26.7 Å². The van der Waals surface area contributed by atoms with Crippen molar-refractivity contribution in [1.82, 2.24) is 15.0 Å². The van der Waals surface area contributed by atoms with Crippen LogP contribution in [-0.2, 0) is 6.54 Å². The lowest BCUT2D eigenvalue weighted by Crippen LogP contribution is -2.51. The number of hydrogen-bond acceptors (Lipinski definition) is 4. The van der Waals surface area contributed by atoms with E-state index in [0.29, 0.717) is 0 Å². The molecule has 0 N–H and O–H groups in total. The second-order valence-electron chi connectivity index (χ2n) is 5.70. The summed E-state index contributed by atoms with van der Waals surface area (Å²) in [6.45, 7) is 9.87. The van der Waals surface area contributed by atoms with Crippen LogP contribution in [-0.4, -0.2) is 47.2 Å². The fraction of sp³-hybridized carbons (Fsp3) is 0.786. The average molecular weight is 249 g/mol. The summed E-state index contributed by atoms with van der Waals surface area (Å²) in [6, 6.07) is 0.895. The molecular weight excluding hydrogens is 226 g/mol. The Morgan fingerprint density at radius 2 is 1.89 bits per heavy atom. The number of rotatable bonds is 3. The molecule has 100 valence electrons. The van der Waals surface area contributed by atoms with Gasteiger partial charge in [-0.25, -0.2) is 0 Å². The molecule has 4 nitrogen and oxygen atoms in total. The smallest absolute Gasteiger partial charge is 0.138 e. The molecule has 2 fully saturated rings. The highest BCUT2D eigenvalue weighted by atomic mass is 16.5. The van der Waals surface area contributed by atoms with Crippen molar-refractivity contribution < 1.29 is 4.52 Å². The van der Waals surface area contributed by atoms with Gasteiger partial charge in [0.05, 0.1) is 5.69 Å². The van der Waals surface area contributed by atoms with E-state index in [-0.39, 0.29) is 0 Å². The van der Waals surface area contributed by atoms with Gasteiger partial charge in [-0.3, -0.25) is 9.80 Å². The molecule has 1 saturated heterocycles. The highest BCUT2D eigenvalue weighted by Gasteiger charge is 2.28. The standard InChI is InChI=1S/C14H23N3O/c1-11-14(12(2)18-15-11)10-16-6-8-17(9-7-16)13-4-3-5-13/h13H,3-10H2,1-2H3. The van der Waals surface area contributed by atoms with E-state index in [1.807, 2.05) is 13.8 Å². The molecule has 0 atom stereocenters. The molecule has 0 amide bonds. The van der Waals surface area contributed by atoms with Crippen LogP contribution in [0.2, 0.25) is 0 Å². The van der Waals surface area contributed by atoms with Crippen LogP contribution in [0.4, 0.5) is 0 Å². The Labute approximate surface area is 109 Å². The Kier molecular flexibility index (Phi) is 3.39. The van der Waals surface area contributed by atoms with Crippen molar-refractivity contribution in [2.24, 2.45) is 0 Å². The second-order valence-corrected chi connectivity index (χ2v) is 5.70. The van der Waals surface area contributed by atoms with Crippen LogP contribution >= 0.6 is 0 Å². The zero-order chi connectivity index (χ0) is 12.5.